The van der Waals surface area contributed by atoms with Gasteiger partial charge in [-0.3, -0.25) is 0 Å². The van der Waals surface area contributed by atoms with Gasteiger partial charge in [-0.05, 0) is 30.8 Å². The van der Waals surface area contributed by atoms with E-state index in [2.05, 4.69) is 10.3 Å². The van der Waals surface area contributed by atoms with E-state index < -0.39 is 21.7 Å². The largest absolute Gasteiger partial charge is 0.481 e. The van der Waals surface area contributed by atoms with E-state index in [0.29, 0.717) is 12.1 Å². The minimum atomic E-state index is -4.02. The molecule has 3 rings (SSSR count). The molecule has 0 aliphatic rings. The molecule has 0 bridgehead atoms. The van der Waals surface area contributed by atoms with Gasteiger partial charge in [0.05, 0.1) is 13.3 Å². The predicted molar refractivity (Wildman–Crippen MR) is 101 cm³/mol. The lowest BCUT2D eigenvalue weighted by Crippen LogP contribution is -2.14. The number of nitrogens with one attached hydrogen (secondary N) is 1. The first kappa shape index (κ1) is 20.7. The van der Waals surface area contributed by atoms with Gasteiger partial charge in [0.2, 0.25) is 11.8 Å². The zero-order valence-electron chi connectivity index (χ0n) is 15.7. The number of benzene rings is 1. The van der Waals surface area contributed by atoms with Crippen LogP contribution in [0.15, 0.2) is 53.7 Å². The Labute approximate surface area is 167 Å². The Bertz CT molecular complexity index is 1100. The summed E-state index contributed by atoms with van der Waals surface area (Å²) in [6.45, 7) is 0.121. The van der Waals surface area contributed by atoms with Crippen LogP contribution in [0.2, 0.25) is 0 Å². The van der Waals surface area contributed by atoms with Gasteiger partial charge in [-0.15, -0.1) is 0 Å². The maximum atomic E-state index is 13.9. The van der Waals surface area contributed by atoms with Crippen molar-refractivity contribution in [2.45, 2.75) is 18.0 Å². The maximum absolute atomic E-state index is 13.9. The zero-order valence-corrected chi connectivity index (χ0v) is 16.5. The van der Waals surface area contributed by atoms with Crippen LogP contribution in [0.5, 0.6) is 11.8 Å². The highest BCUT2D eigenvalue weighted by Crippen LogP contribution is 2.26. The van der Waals surface area contributed by atoms with Crippen molar-refractivity contribution in [2.24, 2.45) is 0 Å². The Morgan fingerprint density at radius 2 is 1.97 bits per heavy atom. The fourth-order valence-corrected chi connectivity index (χ4v) is 3.88. The van der Waals surface area contributed by atoms with Crippen molar-refractivity contribution < 1.29 is 26.7 Å². The molecule has 154 valence electrons. The number of nitrogens with zero attached hydrogens (tertiary/aromatic N) is 2. The molecular weight excluding hydrogens is 404 g/mol. The van der Waals surface area contributed by atoms with E-state index >= 15 is 0 Å². The molecule has 2 aromatic heterocycles. The van der Waals surface area contributed by atoms with E-state index in [1.165, 1.54) is 43.8 Å². The SMILES string of the molecule is CNCc1cc(OCc2ccc(F)cc2F)n(S(=O)(=O)c2ccc(OC)nc2)c1. The van der Waals surface area contributed by atoms with E-state index in [0.717, 1.165) is 16.1 Å². The normalized spacial score (nSPS) is 11.4. The lowest BCUT2D eigenvalue weighted by molar-refractivity contribution is 0.285. The third kappa shape index (κ3) is 4.54. The van der Waals surface area contributed by atoms with Gasteiger partial charge in [-0.25, -0.2) is 26.2 Å². The Morgan fingerprint density at radius 3 is 2.59 bits per heavy atom. The van der Waals surface area contributed by atoms with Gasteiger partial charge in [-0.1, -0.05) is 0 Å². The number of hydrogen-bond acceptors (Lipinski definition) is 6. The fourth-order valence-electron chi connectivity index (χ4n) is 2.61. The average molecular weight is 423 g/mol. The number of methoxy groups -OCH3 is 1. The first-order chi connectivity index (χ1) is 13.8. The third-order valence-corrected chi connectivity index (χ3v) is 5.70. The molecule has 0 spiro atoms. The highest BCUT2D eigenvalue weighted by molar-refractivity contribution is 7.90. The fraction of sp³-hybridized carbons (Fsp3) is 0.211. The molecular formula is C19H19F2N3O4S. The summed E-state index contributed by atoms with van der Waals surface area (Å²) in [5, 5.41) is 2.93. The van der Waals surface area contributed by atoms with Gasteiger partial charge >= 0.3 is 0 Å². The Hall–Kier alpha value is -2.98. The van der Waals surface area contributed by atoms with Crippen LogP contribution >= 0.6 is 0 Å². The molecule has 29 heavy (non-hydrogen) atoms. The Balaban J connectivity index is 1.94. The predicted octanol–water partition coefficient (Wildman–Crippen LogP) is 2.71. The monoisotopic (exact) mass is 423 g/mol. The molecule has 0 atom stereocenters. The summed E-state index contributed by atoms with van der Waals surface area (Å²) in [7, 11) is -0.882. The summed E-state index contributed by atoms with van der Waals surface area (Å²) in [5.41, 5.74) is 0.741. The number of ether oxygens (including phenoxy) is 2. The van der Waals surface area contributed by atoms with Crippen molar-refractivity contribution in [2.75, 3.05) is 14.2 Å². The van der Waals surface area contributed by atoms with Crippen molar-refractivity contribution in [1.29, 1.82) is 0 Å². The van der Waals surface area contributed by atoms with Crippen molar-refractivity contribution in [3.63, 3.8) is 0 Å². The number of hydrogen-bond donors (Lipinski definition) is 1. The topological polar surface area (TPSA) is 82.5 Å². The second kappa shape index (κ2) is 8.58. The molecule has 7 nitrogen and oxygen atoms in total. The average Bonchev–Trinajstić information content (AvgIpc) is 3.11. The first-order valence-corrected chi connectivity index (χ1v) is 9.97. The Kier molecular flexibility index (Phi) is 6.14. The summed E-state index contributed by atoms with van der Waals surface area (Å²) in [4.78, 5) is 3.86. The van der Waals surface area contributed by atoms with Crippen LogP contribution in [0.25, 0.3) is 0 Å². The molecule has 0 saturated heterocycles. The van der Waals surface area contributed by atoms with Crippen LogP contribution in [0.3, 0.4) is 0 Å². The van der Waals surface area contributed by atoms with Crippen LogP contribution in [0.4, 0.5) is 8.78 Å². The summed E-state index contributed by atoms with van der Waals surface area (Å²) < 4.78 is 64.5. The summed E-state index contributed by atoms with van der Waals surface area (Å²) in [6.07, 6.45) is 2.59. The quantitative estimate of drug-likeness (QED) is 0.600. The molecule has 0 amide bonds. The molecule has 2 heterocycles. The van der Waals surface area contributed by atoms with Gasteiger partial charge < -0.3 is 14.8 Å². The number of halogens is 2. The minimum Gasteiger partial charge on any atom is -0.481 e. The zero-order chi connectivity index (χ0) is 21.0. The highest BCUT2D eigenvalue weighted by atomic mass is 32.2. The molecule has 0 aliphatic heterocycles. The molecule has 0 radical (unpaired) electrons. The summed E-state index contributed by atoms with van der Waals surface area (Å²) >= 11 is 0. The molecule has 0 aliphatic carbocycles. The molecule has 0 unspecified atom stereocenters. The van der Waals surface area contributed by atoms with Gasteiger partial charge in [0.25, 0.3) is 10.0 Å². The van der Waals surface area contributed by atoms with Crippen molar-refractivity contribution in [3.05, 3.63) is 71.6 Å². The van der Waals surface area contributed by atoms with E-state index in [1.807, 2.05) is 0 Å². The van der Waals surface area contributed by atoms with Gasteiger partial charge in [0.15, 0.2) is 0 Å². The van der Waals surface area contributed by atoms with Crippen LogP contribution in [0.1, 0.15) is 11.1 Å². The minimum absolute atomic E-state index is 0.00482. The molecule has 1 aromatic carbocycles. The second-order valence-corrected chi connectivity index (χ2v) is 7.89. The molecule has 10 heteroatoms. The smallest absolute Gasteiger partial charge is 0.272 e. The van der Waals surface area contributed by atoms with Gasteiger partial charge in [0, 0.05) is 36.5 Å². The van der Waals surface area contributed by atoms with Gasteiger partial charge in [-0.2, -0.15) is 0 Å². The van der Waals surface area contributed by atoms with Crippen LogP contribution < -0.4 is 14.8 Å². The molecule has 3 aromatic rings. The second-order valence-electron chi connectivity index (χ2n) is 6.08. The van der Waals surface area contributed by atoms with Gasteiger partial charge in [0.1, 0.15) is 23.1 Å². The first-order valence-electron chi connectivity index (χ1n) is 8.53. The lowest BCUT2D eigenvalue weighted by atomic mass is 10.2. The summed E-state index contributed by atoms with van der Waals surface area (Å²) in [6, 6.07) is 7.42. The van der Waals surface area contributed by atoms with Crippen LogP contribution in [0, 0.1) is 11.6 Å². The van der Waals surface area contributed by atoms with Crippen molar-refractivity contribution in [3.8, 4) is 11.8 Å². The highest BCUT2D eigenvalue weighted by Gasteiger charge is 2.23. The van der Waals surface area contributed by atoms with Crippen molar-refractivity contribution >= 4 is 10.0 Å². The van der Waals surface area contributed by atoms with Crippen LogP contribution in [-0.2, 0) is 23.2 Å². The van der Waals surface area contributed by atoms with Crippen molar-refractivity contribution in [1.82, 2.24) is 14.3 Å². The number of aromatic nitrogens is 2. The number of pyridine rings is 1. The standard InChI is InChI=1S/C19H19F2N3O4S/c1-22-9-13-7-19(28-12-14-3-4-15(20)8-17(14)21)24(11-13)29(25,26)16-5-6-18(27-2)23-10-16/h3-8,10-11,22H,9,12H2,1-2H3. The van der Waals surface area contributed by atoms with E-state index in [4.69, 9.17) is 9.47 Å². The lowest BCUT2D eigenvalue weighted by Gasteiger charge is -2.12. The molecule has 0 fully saturated rings. The number of rotatable bonds is 8. The van der Waals surface area contributed by atoms with Crippen LogP contribution in [-0.4, -0.2) is 31.5 Å². The third-order valence-electron chi connectivity index (χ3n) is 4.06. The Morgan fingerprint density at radius 1 is 1.17 bits per heavy atom. The van der Waals surface area contributed by atoms with E-state index in [1.54, 1.807) is 7.05 Å². The molecule has 1 N–H and O–H groups in total. The molecule has 0 saturated carbocycles. The van der Waals surface area contributed by atoms with E-state index in [9.17, 15) is 17.2 Å². The summed E-state index contributed by atoms with van der Waals surface area (Å²) in [5.74, 6) is -1.22. The maximum Gasteiger partial charge on any atom is 0.272 e. The van der Waals surface area contributed by atoms with E-state index in [-0.39, 0.29) is 28.8 Å².